The minimum absolute atomic E-state index is 0.516. The van der Waals surface area contributed by atoms with Gasteiger partial charge in [-0.1, -0.05) is 35.9 Å². The summed E-state index contributed by atoms with van der Waals surface area (Å²) in [6.45, 7) is 1.42. The van der Waals surface area contributed by atoms with E-state index < -0.39 is 0 Å². The first kappa shape index (κ1) is 19.8. The van der Waals surface area contributed by atoms with Crippen molar-refractivity contribution in [1.82, 2.24) is 4.98 Å². The average molecular weight is 495 g/mol. The van der Waals surface area contributed by atoms with Gasteiger partial charge in [-0.2, -0.15) is 0 Å². The lowest BCUT2D eigenvalue weighted by molar-refractivity contribution is 0.414. The first-order valence-electron chi connectivity index (χ1n) is 8.42. The van der Waals surface area contributed by atoms with E-state index in [1.165, 1.54) is 11.1 Å². The lowest BCUT2D eigenvalue weighted by atomic mass is 10.1. The van der Waals surface area contributed by atoms with Crippen LogP contribution in [0.4, 0.5) is 5.82 Å². The second kappa shape index (κ2) is 9.28. The predicted molar refractivity (Wildman–Crippen MR) is 118 cm³/mol. The number of anilines is 1. The highest BCUT2D eigenvalue weighted by atomic mass is 127. The summed E-state index contributed by atoms with van der Waals surface area (Å²) in [5, 5.41) is 0.516. The lowest BCUT2D eigenvalue weighted by Gasteiger charge is -2.24. The summed E-state index contributed by atoms with van der Waals surface area (Å²) in [5.41, 5.74) is 2.33. The summed E-state index contributed by atoms with van der Waals surface area (Å²) < 4.78 is 11.4. The minimum atomic E-state index is 0.516. The third-order valence-corrected chi connectivity index (χ3v) is 5.65. The van der Waals surface area contributed by atoms with E-state index in [-0.39, 0.29) is 0 Å². The molecule has 0 amide bonds. The molecule has 140 valence electrons. The zero-order chi connectivity index (χ0) is 19.2. The predicted octanol–water partition coefficient (Wildman–Crippen LogP) is 5.56. The normalized spacial score (nSPS) is 10.5. The van der Waals surface area contributed by atoms with E-state index in [2.05, 4.69) is 56.7 Å². The molecule has 3 aromatic rings. The van der Waals surface area contributed by atoms with Gasteiger partial charge >= 0.3 is 0 Å². The van der Waals surface area contributed by atoms with Crippen molar-refractivity contribution < 1.29 is 9.47 Å². The van der Waals surface area contributed by atoms with Crippen LogP contribution in [0, 0.1) is 3.57 Å². The van der Waals surface area contributed by atoms with E-state index in [1.807, 2.05) is 36.4 Å². The molecule has 0 saturated carbocycles. The number of rotatable bonds is 7. The van der Waals surface area contributed by atoms with Crippen LogP contribution >= 0.6 is 34.2 Å². The van der Waals surface area contributed by atoms with Gasteiger partial charge in [0.1, 0.15) is 22.5 Å². The van der Waals surface area contributed by atoms with E-state index in [0.717, 1.165) is 20.9 Å². The Kier molecular flexibility index (Phi) is 6.79. The molecule has 0 aliphatic heterocycles. The quantitative estimate of drug-likeness (QED) is 0.318. The Bertz CT molecular complexity index is 836. The van der Waals surface area contributed by atoms with Crippen LogP contribution < -0.4 is 14.4 Å². The Morgan fingerprint density at radius 1 is 0.815 bits per heavy atom. The number of pyridine rings is 1. The molecule has 6 heteroatoms. The number of hydrogen-bond acceptors (Lipinski definition) is 4. The molecule has 27 heavy (non-hydrogen) atoms. The number of aromatic nitrogens is 1. The van der Waals surface area contributed by atoms with Crippen LogP contribution in [0.15, 0.2) is 60.7 Å². The summed E-state index contributed by atoms with van der Waals surface area (Å²) in [6, 6.07) is 20.1. The highest BCUT2D eigenvalue weighted by Crippen LogP contribution is 2.25. The molecule has 0 N–H and O–H groups in total. The van der Waals surface area contributed by atoms with Crippen molar-refractivity contribution in [3.05, 3.63) is 80.5 Å². The second-order valence-electron chi connectivity index (χ2n) is 5.99. The molecule has 0 unspecified atom stereocenters. The highest BCUT2D eigenvalue weighted by molar-refractivity contribution is 14.1. The molecule has 0 spiro atoms. The third kappa shape index (κ3) is 5.26. The third-order valence-electron chi connectivity index (χ3n) is 4.18. The van der Waals surface area contributed by atoms with Gasteiger partial charge < -0.3 is 14.4 Å². The van der Waals surface area contributed by atoms with E-state index in [4.69, 9.17) is 21.1 Å². The van der Waals surface area contributed by atoms with Crippen molar-refractivity contribution in [2.45, 2.75) is 13.1 Å². The highest BCUT2D eigenvalue weighted by Gasteiger charge is 2.12. The van der Waals surface area contributed by atoms with Crippen molar-refractivity contribution in [1.29, 1.82) is 0 Å². The van der Waals surface area contributed by atoms with Gasteiger partial charge in [0.15, 0.2) is 0 Å². The van der Waals surface area contributed by atoms with Crippen molar-refractivity contribution >= 4 is 40.0 Å². The Morgan fingerprint density at radius 3 is 1.70 bits per heavy atom. The summed E-state index contributed by atoms with van der Waals surface area (Å²) in [7, 11) is 3.34. The van der Waals surface area contributed by atoms with Gasteiger partial charge in [0.2, 0.25) is 0 Å². The smallest absolute Gasteiger partial charge is 0.144 e. The van der Waals surface area contributed by atoms with E-state index in [1.54, 1.807) is 14.2 Å². The molecule has 1 heterocycles. The fourth-order valence-corrected chi connectivity index (χ4v) is 3.15. The maximum absolute atomic E-state index is 6.26. The summed E-state index contributed by atoms with van der Waals surface area (Å²) in [4.78, 5) is 6.77. The minimum Gasteiger partial charge on any atom is -0.497 e. The fraction of sp³-hybridized carbons (Fsp3) is 0.190. The van der Waals surface area contributed by atoms with Gasteiger partial charge in [-0.25, -0.2) is 4.98 Å². The maximum Gasteiger partial charge on any atom is 0.144 e. The van der Waals surface area contributed by atoms with Gasteiger partial charge in [0.25, 0.3) is 0 Å². The van der Waals surface area contributed by atoms with Crippen LogP contribution in [0.2, 0.25) is 5.15 Å². The number of nitrogens with zero attached hydrogens (tertiary/aromatic N) is 2. The number of ether oxygens (including phenoxy) is 2. The van der Waals surface area contributed by atoms with Gasteiger partial charge in [-0.05, 0) is 70.1 Å². The molecule has 2 aromatic carbocycles. The van der Waals surface area contributed by atoms with E-state index >= 15 is 0 Å². The van der Waals surface area contributed by atoms with Gasteiger partial charge in [-0.3, -0.25) is 0 Å². The molecule has 0 atom stereocenters. The van der Waals surface area contributed by atoms with Crippen molar-refractivity contribution in [2.24, 2.45) is 0 Å². The van der Waals surface area contributed by atoms with Crippen molar-refractivity contribution in [3.8, 4) is 11.5 Å². The Hall–Kier alpha value is -1.99. The second-order valence-corrected chi connectivity index (χ2v) is 7.51. The zero-order valence-electron chi connectivity index (χ0n) is 15.2. The van der Waals surface area contributed by atoms with Crippen LogP contribution in [0.5, 0.6) is 11.5 Å². The molecule has 0 fully saturated rings. The van der Waals surface area contributed by atoms with Crippen molar-refractivity contribution in [2.75, 3.05) is 19.1 Å². The SMILES string of the molecule is COc1ccc(CN(Cc2ccc(OC)cc2)c2ccc(I)c(Cl)n2)cc1. The maximum atomic E-state index is 6.26. The Labute approximate surface area is 178 Å². The van der Waals surface area contributed by atoms with Crippen LogP contribution in [0.25, 0.3) is 0 Å². The molecule has 0 radical (unpaired) electrons. The van der Waals surface area contributed by atoms with Crippen LogP contribution in [0.3, 0.4) is 0 Å². The van der Waals surface area contributed by atoms with Crippen LogP contribution in [-0.2, 0) is 13.1 Å². The first-order valence-corrected chi connectivity index (χ1v) is 9.87. The topological polar surface area (TPSA) is 34.6 Å². The molecular formula is C21H20ClIN2O2. The summed E-state index contributed by atoms with van der Waals surface area (Å²) in [6.07, 6.45) is 0. The molecule has 0 aliphatic carbocycles. The summed E-state index contributed by atoms with van der Waals surface area (Å²) in [5.74, 6) is 2.53. The average Bonchev–Trinajstić information content (AvgIpc) is 2.70. The standard InChI is InChI=1S/C21H20ClIN2O2/c1-26-17-7-3-15(4-8-17)13-25(20-12-11-19(23)21(22)24-20)14-16-5-9-18(27-2)10-6-16/h3-12H,13-14H2,1-2H3. The van der Waals surface area contributed by atoms with Crippen LogP contribution in [-0.4, -0.2) is 19.2 Å². The van der Waals surface area contributed by atoms with E-state index in [9.17, 15) is 0 Å². The molecule has 1 aromatic heterocycles. The molecular weight excluding hydrogens is 475 g/mol. The van der Waals surface area contributed by atoms with Gasteiger partial charge in [0, 0.05) is 13.1 Å². The van der Waals surface area contributed by atoms with Crippen molar-refractivity contribution in [3.63, 3.8) is 0 Å². The molecule has 0 bridgehead atoms. The number of benzene rings is 2. The Balaban J connectivity index is 1.87. The largest absolute Gasteiger partial charge is 0.497 e. The molecule has 4 nitrogen and oxygen atoms in total. The van der Waals surface area contributed by atoms with Gasteiger partial charge in [0.05, 0.1) is 17.8 Å². The molecule has 0 aliphatic rings. The van der Waals surface area contributed by atoms with E-state index in [0.29, 0.717) is 18.2 Å². The monoisotopic (exact) mass is 494 g/mol. The number of methoxy groups -OCH3 is 2. The first-order chi connectivity index (χ1) is 13.1. The Morgan fingerprint density at radius 2 is 1.30 bits per heavy atom. The molecule has 0 saturated heterocycles. The zero-order valence-corrected chi connectivity index (χ0v) is 18.1. The number of hydrogen-bond donors (Lipinski definition) is 0. The summed E-state index contributed by atoms with van der Waals surface area (Å²) >= 11 is 8.45. The van der Waals surface area contributed by atoms with Gasteiger partial charge in [-0.15, -0.1) is 0 Å². The fourth-order valence-electron chi connectivity index (χ4n) is 2.70. The number of halogens is 2. The van der Waals surface area contributed by atoms with Crippen LogP contribution in [0.1, 0.15) is 11.1 Å². The lowest BCUT2D eigenvalue weighted by Crippen LogP contribution is -2.23. The molecule has 3 rings (SSSR count).